The molecule has 0 heterocycles. The Balaban J connectivity index is 2.34. The first-order chi connectivity index (χ1) is 8.61. The van der Waals surface area contributed by atoms with E-state index in [4.69, 9.17) is 0 Å². The van der Waals surface area contributed by atoms with E-state index in [0.717, 1.165) is 16.7 Å². The minimum Gasteiger partial charge on any atom is -0.294 e. The summed E-state index contributed by atoms with van der Waals surface area (Å²) >= 11 is 0. The lowest BCUT2D eigenvalue weighted by atomic mass is 10.0. The van der Waals surface area contributed by atoms with Crippen LogP contribution in [0.4, 0.5) is 4.39 Å². The van der Waals surface area contributed by atoms with Crippen molar-refractivity contribution in [2.75, 3.05) is 0 Å². The highest BCUT2D eigenvalue weighted by atomic mass is 19.1. The van der Waals surface area contributed by atoms with Gasteiger partial charge >= 0.3 is 0 Å². The van der Waals surface area contributed by atoms with E-state index < -0.39 is 0 Å². The number of aryl methyl sites for hydroxylation is 1. The minimum atomic E-state index is -0.198. The van der Waals surface area contributed by atoms with E-state index in [2.05, 4.69) is 0 Å². The first-order valence-electron chi connectivity index (χ1n) is 6.01. The van der Waals surface area contributed by atoms with Gasteiger partial charge in [0, 0.05) is 12.0 Å². The van der Waals surface area contributed by atoms with E-state index >= 15 is 0 Å². The van der Waals surface area contributed by atoms with Gasteiger partial charge in [0.15, 0.2) is 5.78 Å². The van der Waals surface area contributed by atoms with E-state index in [0.29, 0.717) is 12.0 Å². The van der Waals surface area contributed by atoms with Gasteiger partial charge in [-0.3, -0.25) is 4.79 Å². The van der Waals surface area contributed by atoms with Crippen molar-refractivity contribution in [2.45, 2.75) is 20.3 Å². The maximum Gasteiger partial charge on any atom is 0.162 e. The number of carbonyl (C=O) groups is 1. The Kier molecular flexibility index (Phi) is 3.56. The Morgan fingerprint density at radius 2 is 1.67 bits per heavy atom. The normalized spacial score (nSPS) is 10.4. The van der Waals surface area contributed by atoms with E-state index in [-0.39, 0.29) is 11.6 Å². The van der Waals surface area contributed by atoms with E-state index in [1.807, 2.05) is 37.3 Å². The SMILES string of the molecule is CCC(=O)c1ccc(-c2ccc(F)c(C)c2)cc1. The molecule has 0 saturated carbocycles. The molecule has 2 aromatic rings. The maximum atomic E-state index is 13.2. The van der Waals surface area contributed by atoms with E-state index in [1.54, 1.807) is 13.0 Å². The number of rotatable bonds is 3. The van der Waals surface area contributed by atoms with Gasteiger partial charge in [-0.05, 0) is 35.7 Å². The molecule has 0 aliphatic carbocycles. The van der Waals surface area contributed by atoms with Crippen molar-refractivity contribution in [1.82, 2.24) is 0 Å². The van der Waals surface area contributed by atoms with Crippen molar-refractivity contribution in [2.24, 2.45) is 0 Å². The zero-order chi connectivity index (χ0) is 13.1. The molecule has 92 valence electrons. The highest BCUT2D eigenvalue weighted by Crippen LogP contribution is 2.22. The summed E-state index contributed by atoms with van der Waals surface area (Å²) in [5.74, 6) is -0.0617. The lowest BCUT2D eigenvalue weighted by molar-refractivity contribution is 0.0988. The Morgan fingerprint density at radius 3 is 2.22 bits per heavy atom. The lowest BCUT2D eigenvalue weighted by Crippen LogP contribution is -1.95. The molecule has 0 atom stereocenters. The van der Waals surface area contributed by atoms with Crippen LogP contribution in [0, 0.1) is 12.7 Å². The van der Waals surface area contributed by atoms with Crippen molar-refractivity contribution in [1.29, 1.82) is 0 Å². The van der Waals surface area contributed by atoms with Crippen LogP contribution in [0.2, 0.25) is 0 Å². The molecular weight excluding hydrogens is 227 g/mol. The Bertz CT molecular complexity index is 570. The number of halogens is 1. The average Bonchev–Trinajstić information content (AvgIpc) is 2.41. The average molecular weight is 242 g/mol. The number of ketones is 1. The van der Waals surface area contributed by atoms with Crippen molar-refractivity contribution in [3.05, 3.63) is 59.4 Å². The van der Waals surface area contributed by atoms with Crippen molar-refractivity contribution >= 4 is 5.78 Å². The predicted molar refractivity (Wildman–Crippen MR) is 71.2 cm³/mol. The number of benzene rings is 2. The number of carbonyl (C=O) groups excluding carboxylic acids is 1. The molecule has 0 amide bonds. The summed E-state index contributed by atoms with van der Waals surface area (Å²) in [5.41, 5.74) is 3.30. The standard InChI is InChI=1S/C16H15FO/c1-3-16(18)13-6-4-12(5-7-13)14-8-9-15(17)11(2)10-14/h4-10H,3H2,1-2H3. The van der Waals surface area contributed by atoms with Crippen LogP contribution in [0.25, 0.3) is 11.1 Å². The molecule has 0 bridgehead atoms. The highest BCUT2D eigenvalue weighted by Gasteiger charge is 2.05. The summed E-state index contributed by atoms with van der Waals surface area (Å²) in [7, 11) is 0. The zero-order valence-electron chi connectivity index (χ0n) is 10.5. The fourth-order valence-corrected chi connectivity index (χ4v) is 1.88. The number of hydrogen-bond donors (Lipinski definition) is 0. The van der Waals surface area contributed by atoms with Crippen molar-refractivity contribution in [3.63, 3.8) is 0 Å². The van der Waals surface area contributed by atoms with Gasteiger partial charge in [0.25, 0.3) is 0 Å². The molecule has 0 aliphatic rings. The molecule has 0 aromatic heterocycles. The van der Waals surface area contributed by atoms with Crippen LogP contribution in [-0.4, -0.2) is 5.78 Å². The zero-order valence-corrected chi connectivity index (χ0v) is 10.5. The van der Waals surface area contributed by atoms with Gasteiger partial charge in [-0.15, -0.1) is 0 Å². The van der Waals surface area contributed by atoms with Crippen LogP contribution >= 0.6 is 0 Å². The van der Waals surface area contributed by atoms with Gasteiger partial charge in [0.1, 0.15) is 5.82 Å². The molecule has 0 spiro atoms. The van der Waals surface area contributed by atoms with Gasteiger partial charge in [-0.2, -0.15) is 0 Å². The van der Waals surface area contributed by atoms with E-state index in [9.17, 15) is 9.18 Å². The second kappa shape index (κ2) is 5.13. The number of hydrogen-bond acceptors (Lipinski definition) is 1. The molecule has 0 fully saturated rings. The summed E-state index contributed by atoms with van der Waals surface area (Å²) in [6.07, 6.45) is 0.509. The monoisotopic (exact) mass is 242 g/mol. The second-order valence-electron chi connectivity index (χ2n) is 4.32. The fraction of sp³-hybridized carbons (Fsp3) is 0.188. The molecule has 0 unspecified atom stereocenters. The van der Waals surface area contributed by atoms with E-state index in [1.165, 1.54) is 6.07 Å². The Labute approximate surface area is 106 Å². The largest absolute Gasteiger partial charge is 0.294 e. The number of Topliss-reactive ketones (excluding diaryl/α,β-unsaturated/α-hetero) is 1. The smallest absolute Gasteiger partial charge is 0.162 e. The molecule has 2 aromatic carbocycles. The third-order valence-corrected chi connectivity index (χ3v) is 3.02. The molecule has 0 aliphatic heterocycles. The van der Waals surface area contributed by atoms with Gasteiger partial charge in [-0.25, -0.2) is 4.39 Å². The van der Waals surface area contributed by atoms with Crippen LogP contribution in [0.1, 0.15) is 29.3 Å². The summed E-state index contributed by atoms with van der Waals surface area (Å²) in [5, 5.41) is 0. The summed E-state index contributed by atoms with van der Waals surface area (Å²) < 4.78 is 13.2. The predicted octanol–water partition coefficient (Wildman–Crippen LogP) is 4.39. The first kappa shape index (κ1) is 12.5. The molecule has 1 nitrogen and oxygen atoms in total. The van der Waals surface area contributed by atoms with Crippen LogP contribution in [-0.2, 0) is 0 Å². The molecule has 0 saturated heterocycles. The molecule has 2 rings (SSSR count). The van der Waals surface area contributed by atoms with Gasteiger partial charge in [-0.1, -0.05) is 37.3 Å². The summed E-state index contributed by atoms with van der Waals surface area (Å²) in [6.45, 7) is 3.59. The molecular formula is C16H15FO. The van der Waals surface area contributed by atoms with Gasteiger partial charge in [0.05, 0.1) is 0 Å². The molecule has 0 radical (unpaired) electrons. The third-order valence-electron chi connectivity index (χ3n) is 3.02. The van der Waals surface area contributed by atoms with Gasteiger partial charge in [0.2, 0.25) is 0 Å². The lowest BCUT2D eigenvalue weighted by Gasteiger charge is -2.05. The fourth-order valence-electron chi connectivity index (χ4n) is 1.88. The van der Waals surface area contributed by atoms with Crippen molar-refractivity contribution in [3.8, 4) is 11.1 Å². The maximum absolute atomic E-state index is 13.2. The quantitative estimate of drug-likeness (QED) is 0.729. The topological polar surface area (TPSA) is 17.1 Å². The minimum absolute atomic E-state index is 0.136. The molecule has 2 heteroatoms. The molecule has 18 heavy (non-hydrogen) atoms. The first-order valence-corrected chi connectivity index (χ1v) is 6.01. The van der Waals surface area contributed by atoms with Crippen LogP contribution < -0.4 is 0 Å². The van der Waals surface area contributed by atoms with Crippen LogP contribution in [0.3, 0.4) is 0 Å². The molecule has 0 N–H and O–H groups in total. The summed E-state index contributed by atoms with van der Waals surface area (Å²) in [4.78, 5) is 11.5. The Hall–Kier alpha value is -1.96. The van der Waals surface area contributed by atoms with Crippen molar-refractivity contribution < 1.29 is 9.18 Å². The van der Waals surface area contributed by atoms with Gasteiger partial charge < -0.3 is 0 Å². The van der Waals surface area contributed by atoms with Crippen LogP contribution in [0.15, 0.2) is 42.5 Å². The summed E-state index contributed by atoms with van der Waals surface area (Å²) in [6, 6.07) is 12.5. The second-order valence-corrected chi connectivity index (χ2v) is 4.32. The third kappa shape index (κ3) is 2.48. The Morgan fingerprint density at radius 1 is 1.06 bits per heavy atom. The van der Waals surface area contributed by atoms with Crippen LogP contribution in [0.5, 0.6) is 0 Å². The highest BCUT2D eigenvalue weighted by molar-refractivity contribution is 5.96.